The van der Waals surface area contributed by atoms with E-state index >= 15 is 0 Å². The van der Waals surface area contributed by atoms with Crippen LogP contribution in [0.1, 0.15) is 22.3 Å². The highest BCUT2D eigenvalue weighted by atomic mass is 32.2. The molecule has 0 spiro atoms. The minimum absolute atomic E-state index is 0.148. The molecule has 1 aromatic carbocycles. The number of carbonyl (C=O) groups excluding carboxylic acids is 1. The molecule has 1 fully saturated rings. The van der Waals surface area contributed by atoms with E-state index in [-0.39, 0.29) is 23.5 Å². The molecule has 3 heterocycles. The molecular formula is C18H19N3O4S. The minimum atomic E-state index is -3.66. The van der Waals surface area contributed by atoms with Gasteiger partial charge in [-0.3, -0.25) is 9.78 Å². The molecule has 0 bridgehead atoms. The van der Waals surface area contributed by atoms with E-state index in [1.807, 2.05) is 0 Å². The highest BCUT2D eigenvalue weighted by molar-refractivity contribution is 7.89. The van der Waals surface area contributed by atoms with Crippen molar-refractivity contribution in [3.05, 3.63) is 53.9 Å². The quantitative estimate of drug-likeness (QED) is 0.870. The Morgan fingerprint density at radius 1 is 1.27 bits per heavy atom. The first-order valence-corrected chi connectivity index (χ1v) is 9.96. The van der Waals surface area contributed by atoms with Crippen molar-refractivity contribution in [3.8, 4) is 5.75 Å². The van der Waals surface area contributed by atoms with Crippen LogP contribution in [0.25, 0.3) is 0 Å². The summed E-state index contributed by atoms with van der Waals surface area (Å²) in [7, 11) is -3.66. The molecule has 2 aliphatic rings. The van der Waals surface area contributed by atoms with Crippen molar-refractivity contribution in [1.82, 2.24) is 14.6 Å². The standard InChI is InChI=1S/C18H19N3O4S/c22-18-17-10-16(4-3-13(17)5-8-20-18)26(23,24)21-9-6-15(12-21)25-14-2-1-7-19-11-14/h1-4,7,10-11,15H,5-6,8-9,12H2,(H,20,22)/t15-/m0/s1. The molecule has 2 aromatic rings. The summed E-state index contributed by atoms with van der Waals surface area (Å²) in [6.07, 6.45) is 4.38. The van der Waals surface area contributed by atoms with Gasteiger partial charge >= 0.3 is 0 Å². The van der Waals surface area contributed by atoms with E-state index in [2.05, 4.69) is 10.3 Å². The van der Waals surface area contributed by atoms with Crippen LogP contribution in [0.5, 0.6) is 5.75 Å². The number of ether oxygens (including phenoxy) is 1. The molecule has 0 aliphatic carbocycles. The third-order valence-electron chi connectivity index (χ3n) is 4.69. The van der Waals surface area contributed by atoms with Crippen molar-refractivity contribution in [2.45, 2.75) is 23.8 Å². The van der Waals surface area contributed by atoms with Crippen molar-refractivity contribution in [1.29, 1.82) is 0 Å². The zero-order valence-corrected chi connectivity index (χ0v) is 14.9. The van der Waals surface area contributed by atoms with Crippen LogP contribution >= 0.6 is 0 Å². The lowest BCUT2D eigenvalue weighted by molar-refractivity contribution is 0.0945. The summed E-state index contributed by atoms with van der Waals surface area (Å²) in [4.78, 5) is 16.1. The Morgan fingerprint density at radius 3 is 2.96 bits per heavy atom. The largest absolute Gasteiger partial charge is 0.487 e. The number of sulfonamides is 1. The number of benzene rings is 1. The van der Waals surface area contributed by atoms with Gasteiger partial charge in [0.2, 0.25) is 10.0 Å². The molecule has 8 heteroatoms. The first-order valence-electron chi connectivity index (χ1n) is 8.52. The van der Waals surface area contributed by atoms with Gasteiger partial charge in [0.15, 0.2) is 0 Å². The van der Waals surface area contributed by atoms with Gasteiger partial charge in [-0.25, -0.2) is 8.42 Å². The summed E-state index contributed by atoms with van der Waals surface area (Å²) in [6.45, 7) is 1.24. The highest BCUT2D eigenvalue weighted by Gasteiger charge is 2.34. The summed E-state index contributed by atoms with van der Waals surface area (Å²) < 4.78 is 33.1. The molecule has 0 unspecified atom stereocenters. The third-order valence-corrected chi connectivity index (χ3v) is 6.55. The van der Waals surface area contributed by atoms with Gasteiger partial charge in [-0.05, 0) is 42.7 Å². The van der Waals surface area contributed by atoms with Gasteiger partial charge in [0, 0.05) is 24.8 Å². The monoisotopic (exact) mass is 373 g/mol. The van der Waals surface area contributed by atoms with Crippen molar-refractivity contribution in [2.75, 3.05) is 19.6 Å². The number of pyridine rings is 1. The average molecular weight is 373 g/mol. The lowest BCUT2D eigenvalue weighted by atomic mass is 10.0. The zero-order chi connectivity index (χ0) is 18.1. The van der Waals surface area contributed by atoms with E-state index in [0.29, 0.717) is 37.2 Å². The third kappa shape index (κ3) is 3.17. The summed E-state index contributed by atoms with van der Waals surface area (Å²) in [6, 6.07) is 8.38. The second kappa shape index (κ2) is 6.69. The van der Waals surface area contributed by atoms with Gasteiger partial charge in [0.25, 0.3) is 5.91 Å². The van der Waals surface area contributed by atoms with Crippen LogP contribution in [-0.4, -0.2) is 49.4 Å². The molecular weight excluding hydrogens is 354 g/mol. The second-order valence-corrected chi connectivity index (χ2v) is 8.34. The van der Waals surface area contributed by atoms with Crippen LogP contribution < -0.4 is 10.1 Å². The predicted octanol–water partition coefficient (Wildman–Crippen LogP) is 1.21. The van der Waals surface area contributed by atoms with Crippen molar-refractivity contribution < 1.29 is 17.9 Å². The van der Waals surface area contributed by atoms with Crippen molar-refractivity contribution in [3.63, 3.8) is 0 Å². The maximum Gasteiger partial charge on any atom is 0.251 e. The van der Waals surface area contributed by atoms with Crippen LogP contribution in [0, 0.1) is 0 Å². The van der Waals surface area contributed by atoms with Crippen molar-refractivity contribution in [2.24, 2.45) is 0 Å². The Hall–Kier alpha value is -2.45. The number of nitrogens with zero attached hydrogens (tertiary/aromatic N) is 2. The first kappa shape index (κ1) is 17.0. The number of rotatable bonds is 4. The fraction of sp³-hybridized carbons (Fsp3) is 0.333. The van der Waals surface area contributed by atoms with E-state index in [4.69, 9.17) is 4.74 Å². The fourth-order valence-electron chi connectivity index (χ4n) is 3.32. The van der Waals surface area contributed by atoms with E-state index in [1.54, 1.807) is 36.7 Å². The summed E-state index contributed by atoms with van der Waals surface area (Å²) >= 11 is 0. The molecule has 4 rings (SSSR count). The lowest BCUT2D eigenvalue weighted by Crippen LogP contribution is -2.33. The lowest BCUT2D eigenvalue weighted by Gasteiger charge is -2.20. The Kier molecular flexibility index (Phi) is 4.37. The summed E-state index contributed by atoms with van der Waals surface area (Å²) in [5, 5.41) is 2.75. The molecule has 1 saturated heterocycles. The Labute approximate surface area is 152 Å². The van der Waals surface area contributed by atoms with Crippen LogP contribution in [0.2, 0.25) is 0 Å². The second-order valence-electron chi connectivity index (χ2n) is 6.41. The van der Waals surface area contributed by atoms with E-state index in [1.165, 1.54) is 10.4 Å². The number of fused-ring (bicyclic) bond motifs is 1. The Bertz CT molecular complexity index is 931. The molecule has 26 heavy (non-hydrogen) atoms. The number of amides is 1. The molecule has 2 aliphatic heterocycles. The Morgan fingerprint density at radius 2 is 2.15 bits per heavy atom. The van der Waals surface area contributed by atoms with Gasteiger partial charge in [0.1, 0.15) is 11.9 Å². The van der Waals surface area contributed by atoms with Gasteiger partial charge in [-0.2, -0.15) is 4.31 Å². The van der Waals surface area contributed by atoms with Crippen molar-refractivity contribution >= 4 is 15.9 Å². The van der Waals surface area contributed by atoms with Crippen LogP contribution in [0.4, 0.5) is 0 Å². The number of hydrogen-bond donors (Lipinski definition) is 1. The van der Waals surface area contributed by atoms with Crippen LogP contribution in [-0.2, 0) is 16.4 Å². The van der Waals surface area contributed by atoms with Gasteiger partial charge < -0.3 is 10.1 Å². The molecule has 1 aromatic heterocycles. The SMILES string of the molecule is O=C1NCCc2ccc(S(=O)(=O)N3CC[C@H](Oc4cccnc4)C3)cc21. The predicted molar refractivity (Wildman–Crippen MR) is 94.5 cm³/mol. The van der Waals surface area contributed by atoms with E-state index in [9.17, 15) is 13.2 Å². The summed E-state index contributed by atoms with van der Waals surface area (Å²) in [5.74, 6) is 0.407. The minimum Gasteiger partial charge on any atom is -0.487 e. The van der Waals surface area contributed by atoms with Crippen LogP contribution in [0.15, 0.2) is 47.6 Å². The van der Waals surface area contributed by atoms with E-state index < -0.39 is 10.0 Å². The van der Waals surface area contributed by atoms with Gasteiger partial charge in [-0.15, -0.1) is 0 Å². The number of hydrogen-bond acceptors (Lipinski definition) is 5. The average Bonchev–Trinajstić information content (AvgIpc) is 3.12. The molecule has 1 N–H and O–H groups in total. The van der Waals surface area contributed by atoms with Gasteiger partial charge in [0.05, 0.1) is 17.6 Å². The number of aromatic nitrogens is 1. The molecule has 136 valence electrons. The fourth-order valence-corrected chi connectivity index (χ4v) is 4.84. The summed E-state index contributed by atoms with van der Waals surface area (Å²) in [5.41, 5.74) is 1.33. The maximum atomic E-state index is 13.0. The maximum absolute atomic E-state index is 13.0. The highest BCUT2D eigenvalue weighted by Crippen LogP contribution is 2.26. The van der Waals surface area contributed by atoms with Crippen LogP contribution in [0.3, 0.4) is 0 Å². The topological polar surface area (TPSA) is 88.6 Å². The molecule has 0 radical (unpaired) electrons. The zero-order valence-electron chi connectivity index (χ0n) is 14.1. The molecule has 0 saturated carbocycles. The van der Waals surface area contributed by atoms with E-state index in [0.717, 1.165) is 5.56 Å². The normalized spacial score (nSPS) is 20.5. The smallest absolute Gasteiger partial charge is 0.251 e. The molecule has 1 atom stereocenters. The Balaban J connectivity index is 1.52. The molecule has 1 amide bonds. The molecule has 7 nitrogen and oxygen atoms in total. The number of nitrogens with one attached hydrogen (secondary N) is 1. The number of carbonyl (C=O) groups is 1. The van der Waals surface area contributed by atoms with Gasteiger partial charge in [-0.1, -0.05) is 6.07 Å². The first-order chi connectivity index (χ1) is 12.5.